The largest absolute Gasteiger partial charge is 0.495 e. The van der Waals surface area contributed by atoms with Crippen LogP contribution in [0.15, 0.2) is 18.2 Å². The van der Waals surface area contributed by atoms with Gasteiger partial charge in [-0.1, -0.05) is 0 Å². The molecule has 0 spiro atoms. The lowest BCUT2D eigenvalue weighted by Gasteiger charge is -2.36. The molecular weight excluding hydrogens is 312 g/mol. The van der Waals surface area contributed by atoms with Gasteiger partial charge in [-0.25, -0.2) is 4.79 Å². The van der Waals surface area contributed by atoms with Gasteiger partial charge in [0.1, 0.15) is 5.75 Å². The number of nitro benzene ring substituents is 1. The number of hydrogen-bond donors (Lipinski definition) is 2. The number of non-ortho nitro benzene ring substituents is 1. The van der Waals surface area contributed by atoms with E-state index >= 15 is 0 Å². The van der Waals surface area contributed by atoms with E-state index in [4.69, 9.17) is 4.74 Å². The van der Waals surface area contributed by atoms with E-state index in [1.165, 1.54) is 38.2 Å². The number of nitro groups is 1. The average molecular weight is 334 g/mol. The molecule has 24 heavy (non-hydrogen) atoms. The molecule has 0 aliphatic carbocycles. The minimum Gasteiger partial charge on any atom is -0.495 e. The summed E-state index contributed by atoms with van der Waals surface area (Å²) in [4.78, 5) is 25.1. The van der Waals surface area contributed by atoms with Crippen molar-refractivity contribution >= 4 is 17.4 Å². The van der Waals surface area contributed by atoms with Gasteiger partial charge >= 0.3 is 6.03 Å². The van der Waals surface area contributed by atoms with Crippen LogP contribution in [0.25, 0.3) is 0 Å². The van der Waals surface area contributed by atoms with E-state index in [9.17, 15) is 14.9 Å². The first-order valence-corrected chi connectivity index (χ1v) is 8.10. The van der Waals surface area contributed by atoms with E-state index in [-0.39, 0.29) is 17.8 Å². The van der Waals surface area contributed by atoms with Crippen LogP contribution in [0.2, 0.25) is 0 Å². The number of benzene rings is 1. The van der Waals surface area contributed by atoms with E-state index < -0.39 is 4.92 Å². The number of methoxy groups -OCH3 is 1. The molecule has 2 amide bonds. The predicted octanol–water partition coefficient (Wildman–Crippen LogP) is 2.35. The molecule has 3 rings (SSSR count). The van der Waals surface area contributed by atoms with Crippen molar-refractivity contribution in [3.05, 3.63) is 28.3 Å². The van der Waals surface area contributed by atoms with Crippen molar-refractivity contribution in [1.29, 1.82) is 0 Å². The summed E-state index contributed by atoms with van der Waals surface area (Å²) >= 11 is 0. The Labute approximate surface area is 140 Å². The summed E-state index contributed by atoms with van der Waals surface area (Å²) in [7, 11) is 3.60. The fourth-order valence-electron chi connectivity index (χ4n) is 3.78. The molecule has 2 N–H and O–H groups in total. The van der Waals surface area contributed by atoms with Gasteiger partial charge in [0.25, 0.3) is 5.69 Å². The number of anilines is 1. The van der Waals surface area contributed by atoms with Crippen LogP contribution in [0, 0.1) is 10.1 Å². The van der Waals surface area contributed by atoms with Crippen molar-refractivity contribution in [2.75, 3.05) is 19.5 Å². The number of amides is 2. The fourth-order valence-corrected chi connectivity index (χ4v) is 3.78. The zero-order chi connectivity index (χ0) is 17.3. The molecule has 130 valence electrons. The second kappa shape index (κ2) is 6.64. The van der Waals surface area contributed by atoms with Gasteiger partial charge in [-0.05, 0) is 38.8 Å². The number of carbonyl (C=O) groups is 1. The van der Waals surface area contributed by atoms with Gasteiger partial charge in [0.15, 0.2) is 0 Å². The smallest absolute Gasteiger partial charge is 0.319 e. The first kappa shape index (κ1) is 16.5. The third-order valence-corrected chi connectivity index (χ3v) is 5.08. The Morgan fingerprint density at radius 2 is 2.00 bits per heavy atom. The normalized spacial score (nSPS) is 26.0. The summed E-state index contributed by atoms with van der Waals surface area (Å²) in [5.74, 6) is 0.388. The van der Waals surface area contributed by atoms with Crippen molar-refractivity contribution in [2.45, 2.75) is 43.8 Å². The number of hydrogen-bond acceptors (Lipinski definition) is 5. The number of carbonyl (C=O) groups excluding carboxylic acids is 1. The molecule has 8 heteroatoms. The molecule has 2 fully saturated rings. The van der Waals surface area contributed by atoms with Crippen molar-refractivity contribution in [3.8, 4) is 5.75 Å². The maximum atomic E-state index is 12.3. The van der Waals surface area contributed by atoms with Crippen LogP contribution in [0.5, 0.6) is 5.75 Å². The van der Waals surface area contributed by atoms with Crippen molar-refractivity contribution in [1.82, 2.24) is 10.2 Å². The SMILES string of the molecule is COc1ccc([N+](=O)[O-])cc1NC(=O)NC1CC2CCC(C1)N2C. The first-order valence-electron chi connectivity index (χ1n) is 8.10. The molecule has 0 saturated carbocycles. The Kier molecular flexibility index (Phi) is 4.57. The van der Waals surface area contributed by atoms with Gasteiger partial charge in [-0.3, -0.25) is 10.1 Å². The van der Waals surface area contributed by atoms with Crippen molar-refractivity contribution in [3.63, 3.8) is 0 Å². The third-order valence-electron chi connectivity index (χ3n) is 5.08. The summed E-state index contributed by atoms with van der Waals surface area (Å²) in [5, 5.41) is 16.6. The Hall–Kier alpha value is -2.35. The van der Waals surface area contributed by atoms with Gasteiger partial charge in [0, 0.05) is 30.3 Å². The van der Waals surface area contributed by atoms with Gasteiger partial charge in [-0.15, -0.1) is 0 Å². The molecular formula is C16H22N4O4. The number of rotatable bonds is 4. The van der Waals surface area contributed by atoms with E-state index in [1.807, 2.05) is 0 Å². The van der Waals surface area contributed by atoms with E-state index in [2.05, 4.69) is 22.6 Å². The lowest BCUT2D eigenvalue weighted by Crippen LogP contribution is -2.49. The molecule has 0 aromatic heterocycles. The van der Waals surface area contributed by atoms with Crippen LogP contribution in [0.1, 0.15) is 25.7 Å². The van der Waals surface area contributed by atoms with Gasteiger partial charge in [0.05, 0.1) is 17.7 Å². The lowest BCUT2D eigenvalue weighted by molar-refractivity contribution is -0.384. The monoisotopic (exact) mass is 334 g/mol. The van der Waals surface area contributed by atoms with E-state index in [0.717, 1.165) is 12.8 Å². The number of urea groups is 1. The van der Waals surface area contributed by atoms with Crippen molar-refractivity contribution < 1.29 is 14.5 Å². The standard InChI is InChI=1S/C16H22N4O4/c1-19-11-3-4-12(19)8-10(7-11)17-16(21)18-14-9-13(20(22)23)5-6-15(14)24-2/h5-6,9-12H,3-4,7-8H2,1-2H3,(H2,17,18,21). The highest BCUT2D eigenvalue weighted by Crippen LogP contribution is 2.34. The Bertz CT molecular complexity index is 637. The zero-order valence-electron chi connectivity index (χ0n) is 13.8. The topological polar surface area (TPSA) is 96.7 Å². The van der Waals surface area contributed by atoms with Gasteiger partial charge in [-0.2, -0.15) is 0 Å². The molecule has 8 nitrogen and oxygen atoms in total. The van der Waals surface area contributed by atoms with Crippen molar-refractivity contribution in [2.24, 2.45) is 0 Å². The van der Waals surface area contributed by atoms with Crippen LogP contribution in [0.4, 0.5) is 16.2 Å². The minimum absolute atomic E-state index is 0.0940. The molecule has 2 aliphatic heterocycles. The number of ether oxygens (including phenoxy) is 1. The zero-order valence-corrected chi connectivity index (χ0v) is 13.8. The Balaban J connectivity index is 1.65. The van der Waals surface area contributed by atoms with Crippen LogP contribution in [-0.2, 0) is 0 Å². The number of nitrogens with one attached hydrogen (secondary N) is 2. The maximum absolute atomic E-state index is 12.3. The summed E-state index contributed by atoms with van der Waals surface area (Å²) in [6, 6.07) is 4.95. The molecule has 2 atom stereocenters. The Morgan fingerprint density at radius 1 is 1.33 bits per heavy atom. The highest BCUT2D eigenvalue weighted by molar-refractivity contribution is 5.91. The minimum atomic E-state index is -0.503. The summed E-state index contributed by atoms with van der Waals surface area (Å²) in [5.41, 5.74) is 0.198. The van der Waals surface area contributed by atoms with Crippen LogP contribution in [-0.4, -0.2) is 48.1 Å². The summed E-state index contributed by atoms with van der Waals surface area (Å²) < 4.78 is 5.16. The Morgan fingerprint density at radius 3 is 2.58 bits per heavy atom. The molecule has 2 unspecified atom stereocenters. The molecule has 2 saturated heterocycles. The first-order chi connectivity index (χ1) is 11.5. The highest BCUT2D eigenvalue weighted by atomic mass is 16.6. The van der Waals surface area contributed by atoms with E-state index in [1.54, 1.807) is 0 Å². The number of fused-ring (bicyclic) bond motifs is 2. The van der Waals surface area contributed by atoms with Crippen LogP contribution >= 0.6 is 0 Å². The lowest BCUT2D eigenvalue weighted by atomic mass is 9.98. The molecule has 0 radical (unpaired) electrons. The predicted molar refractivity (Wildman–Crippen MR) is 89.4 cm³/mol. The fraction of sp³-hybridized carbons (Fsp3) is 0.562. The summed E-state index contributed by atoms with van der Waals surface area (Å²) in [6.45, 7) is 0. The highest BCUT2D eigenvalue weighted by Gasteiger charge is 2.38. The van der Waals surface area contributed by atoms with Gasteiger partial charge < -0.3 is 20.3 Å². The van der Waals surface area contributed by atoms with Crippen LogP contribution < -0.4 is 15.4 Å². The number of piperidine rings is 1. The molecule has 2 bridgehead atoms. The second-order valence-corrected chi connectivity index (χ2v) is 6.46. The molecule has 1 aromatic rings. The van der Waals surface area contributed by atoms with Crippen LogP contribution in [0.3, 0.4) is 0 Å². The maximum Gasteiger partial charge on any atom is 0.319 e. The van der Waals surface area contributed by atoms with E-state index in [0.29, 0.717) is 23.5 Å². The third kappa shape index (κ3) is 3.28. The second-order valence-electron chi connectivity index (χ2n) is 6.46. The molecule has 2 heterocycles. The quantitative estimate of drug-likeness (QED) is 0.651. The average Bonchev–Trinajstić information content (AvgIpc) is 2.76. The van der Waals surface area contributed by atoms with Gasteiger partial charge in [0.2, 0.25) is 0 Å². The summed E-state index contributed by atoms with van der Waals surface area (Å²) in [6.07, 6.45) is 4.23. The molecule has 1 aromatic carbocycles. The number of nitrogens with zero attached hydrogens (tertiary/aromatic N) is 2. The molecule has 2 aliphatic rings.